The molecule has 0 aromatic heterocycles. The number of carboxylic acid groups (broad SMARTS) is 1. The number of rotatable bonds is 11. The molecule has 0 saturated heterocycles. The lowest BCUT2D eigenvalue weighted by atomic mass is 9.99. The van der Waals surface area contributed by atoms with Crippen LogP contribution in [-0.2, 0) is 29.0 Å². The van der Waals surface area contributed by atoms with Crippen LogP contribution in [0.25, 0.3) is 0 Å². The SMILES string of the molecule is CC(=O)N[C@@H](CCS(C)(=O)=O)C(=O)N[C@H](C(=O)N[C@H](C(=O)O)C(C)C)C(C)C. The maximum Gasteiger partial charge on any atom is 0.326 e. The van der Waals surface area contributed by atoms with Crippen molar-refractivity contribution < 1.29 is 32.7 Å². The van der Waals surface area contributed by atoms with Gasteiger partial charge in [-0.25, -0.2) is 13.2 Å². The molecule has 11 heteroatoms. The normalized spacial score (nSPS) is 14.9. The van der Waals surface area contributed by atoms with Crippen molar-refractivity contribution in [1.82, 2.24) is 16.0 Å². The highest BCUT2D eigenvalue weighted by molar-refractivity contribution is 7.90. The molecule has 0 aliphatic rings. The van der Waals surface area contributed by atoms with Crippen LogP contribution in [0.5, 0.6) is 0 Å². The molecule has 3 atom stereocenters. The Balaban J connectivity index is 5.34. The van der Waals surface area contributed by atoms with Gasteiger partial charge in [-0.15, -0.1) is 0 Å². The predicted octanol–water partition coefficient (Wildman–Crippen LogP) is -0.708. The van der Waals surface area contributed by atoms with Crippen molar-refractivity contribution in [3.05, 3.63) is 0 Å². The molecule has 3 amide bonds. The van der Waals surface area contributed by atoms with Crippen molar-refractivity contribution in [2.75, 3.05) is 12.0 Å². The summed E-state index contributed by atoms with van der Waals surface area (Å²) >= 11 is 0. The van der Waals surface area contributed by atoms with Crippen LogP contribution in [0.3, 0.4) is 0 Å². The Bertz CT molecular complexity index is 689. The minimum atomic E-state index is -3.36. The van der Waals surface area contributed by atoms with Gasteiger partial charge in [-0.05, 0) is 18.3 Å². The zero-order chi connectivity index (χ0) is 22.2. The second-order valence-corrected chi connectivity index (χ2v) is 9.73. The third-order valence-electron chi connectivity index (χ3n) is 3.95. The minimum Gasteiger partial charge on any atom is -0.480 e. The Hall–Kier alpha value is -2.17. The molecule has 0 saturated carbocycles. The van der Waals surface area contributed by atoms with Crippen molar-refractivity contribution in [3.63, 3.8) is 0 Å². The number of hydrogen-bond donors (Lipinski definition) is 4. The zero-order valence-electron chi connectivity index (χ0n) is 17.1. The molecular weight excluding hydrogens is 390 g/mol. The zero-order valence-corrected chi connectivity index (χ0v) is 17.9. The van der Waals surface area contributed by atoms with E-state index in [1.807, 2.05) is 0 Å². The Morgan fingerprint density at radius 3 is 1.68 bits per heavy atom. The van der Waals surface area contributed by atoms with E-state index in [2.05, 4.69) is 16.0 Å². The molecule has 0 aromatic rings. The van der Waals surface area contributed by atoms with Gasteiger partial charge in [-0.2, -0.15) is 0 Å². The molecule has 0 aliphatic heterocycles. The van der Waals surface area contributed by atoms with Crippen LogP contribution in [0.2, 0.25) is 0 Å². The first-order chi connectivity index (χ1) is 12.7. The van der Waals surface area contributed by atoms with Gasteiger partial charge in [0.25, 0.3) is 0 Å². The smallest absolute Gasteiger partial charge is 0.326 e. The van der Waals surface area contributed by atoms with Gasteiger partial charge in [0.15, 0.2) is 0 Å². The highest BCUT2D eigenvalue weighted by atomic mass is 32.2. The van der Waals surface area contributed by atoms with E-state index in [1.54, 1.807) is 27.7 Å². The Kier molecular flexibility index (Phi) is 10.1. The van der Waals surface area contributed by atoms with Crippen LogP contribution < -0.4 is 16.0 Å². The number of aliphatic carboxylic acids is 1. The third-order valence-corrected chi connectivity index (χ3v) is 4.93. The fraction of sp³-hybridized carbons (Fsp3) is 0.765. The molecule has 0 fully saturated rings. The summed E-state index contributed by atoms with van der Waals surface area (Å²) in [7, 11) is -3.36. The van der Waals surface area contributed by atoms with Crippen molar-refractivity contribution in [1.29, 1.82) is 0 Å². The topological polar surface area (TPSA) is 159 Å². The Morgan fingerprint density at radius 2 is 1.32 bits per heavy atom. The van der Waals surface area contributed by atoms with E-state index in [4.69, 9.17) is 0 Å². The molecule has 28 heavy (non-hydrogen) atoms. The van der Waals surface area contributed by atoms with Gasteiger partial charge in [0.05, 0.1) is 5.75 Å². The van der Waals surface area contributed by atoms with Crippen LogP contribution in [-0.4, -0.2) is 67.3 Å². The number of nitrogens with one attached hydrogen (secondary N) is 3. The molecule has 0 radical (unpaired) electrons. The number of sulfone groups is 1. The van der Waals surface area contributed by atoms with Crippen LogP contribution in [0, 0.1) is 11.8 Å². The maximum atomic E-state index is 12.6. The maximum absolute atomic E-state index is 12.6. The third kappa shape index (κ3) is 9.67. The second kappa shape index (κ2) is 11.0. The van der Waals surface area contributed by atoms with Crippen LogP contribution in [0.15, 0.2) is 0 Å². The van der Waals surface area contributed by atoms with Gasteiger partial charge in [-0.3, -0.25) is 14.4 Å². The summed E-state index contributed by atoms with van der Waals surface area (Å²) < 4.78 is 22.7. The van der Waals surface area contributed by atoms with Crippen molar-refractivity contribution >= 4 is 33.5 Å². The summed E-state index contributed by atoms with van der Waals surface area (Å²) in [4.78, 5) is 47.7. The highest BCUT2D eigenvalue weighted by Gasteiger charge is 2.32. The van der Waals surface area contributed by atoms with E-state index in [-0.39, 0.29) is 24.0 Å². The van der Waals surface area contributed by atoms with Crippen molar-refractivity contribution in [3.8, 4) is 0 Å². The van der Waals surface area contributed by atoms with Crippen LogP contribution >= 0.6 is 0 Å². The minimum absolute atomic E-state index is 0.152. The molecular formula is C17H31N3O7S. The largest absolute Gasteiger partial charge is 0.480 e. The molecule has 0 unspecified atom stereocenters. The van der Waals surface area contributed by atoms with E-state index in [0.717, 1.165) is 6.26 Å². The summed E-state index contributed by atoms with van der Waals surface area (Å²) in [5.41, 5.74) is 0. The summed E-state index contributed by atoms with van der Waals surface area (Å²) in [6.45, 7) is 7.80. The Morgan fingerprint density at radius 1 is 0.857 bits per heavy atom. The highest BCUT2D eigenvalue weighted by Crippen LogP contribution is 2.08. The molecule has 162 valence electrons. The first-order valence-corrected chi connectivity index (χ1v) is 11.0. The second-order valence-electron chi connectivity index (χ2n) is 7.47. The van der Waals surface area contributed by atoms with Gasteiger partial charge in [-0.1, -0.05) is 27.7 Å². The average Bonchev–Trinajstić information content (AvgIpc) is 2.51. The molecule has 0 heterocycles. The lowest BCUT2D eigenvalue weighted by molar-refractivity contribution is -0.143. The Labute approximate surface area is 165 Å². The lowest BCUT2D eigenvalue weighted by Gasteiger charge is -2.27. The molecule has 0 bridgehead atoms. The van der Waals surface area contributed by atoms with Gasteiger partial charge < -0.3 is 21.1 Å². The summed E-state index contributed by atoms with van der Waals surface area (Å²) in [6.07, 6.45) is 0.860. The number of hydrogen-bond acceptors (Lipinski definition) is 6. The van der Waals surface area contributed by atoms with Crippen LogP contribution in [0.1, 0.15) is 41.0 Å². The predicted molar refractivity (Wildman–Crippen MR) is 103 cm³/mol. The first-order valence-electron chi connectivity index (χ1n) is 8.94. The lowest BCUT2D eigenvalue weighted by Crippen LogP contribution is -2.58. The summed E-state index contributed by atoms with van der Waals surface area (Å²) in [6, 6.07) is -3.31. The van der Waals surface area contributed by atoms with Gasteiger partial charge in [0.1, 0.15) is 28.0 Å². The number of carbonyl (C=O) groups excluding carboxylic acids is 3. The van der Waals surface area contributed by atoms with Gasteiger partial charge >= 0.3 is 5.97 Å². The molecule has 0 aromatic carbocycles. The molecule has 0 rings (SSSR count). The van der Waals surface area contributed by atoms with Gasteiger partial charge in [0, 0.05) is 13.2 Å². The van der Waals surface area contributed by atoms with Gasteiger partial charge in [0.2, 0.25) is 17.7 Å². The number of carboxylic acids is 1. The van der Waals surface area contributed by atoms with E-state index < -0.39 is 51.7 Å². The molecule has 0 spiro atoms. The fourth-order valence-corrected chi connectivity index (χ4v) is 3.06. The van der Waals surface area contributed by atoms with E-state index in [9.17, 15) is 32.7 Å². The monoisotopic (exact) mass is 421 g/mol. The molecule has 4 N–H and O–H groups in total. The van der Waals surface area contributed by atoms with Crippen LogP contribution in [0.4, 0.5) is 0 Å². The number of carbonyl (C=O) groups is 4. The fourth-order valence-electron chi connectivity index (χ4n) is 2.39. The van der Waals surface area contributed by atoms with E-state index in [0.29, 0.717) is 0 Å². The van der Waals surface area contributed by atoms with Crippen molar-refractivity contribution in [2.24, 2.45) is 11.8 Å². The first kappa shape index (κ1) is 25.8. The standard InChI is InChI=1S/C17H31N3O7S/c1-9(2)13(16(23)20-14(10(3)4)17(24)25)19-15(22)12(18-11(5)21)7-8-28(6,26)27/h9-10,12-14H,7-8H2,1-6H3,(H,18,21)(H,19,22)(H,20,23)(H,24,25)/t12-,13-,14-/m0/s1. The summed E-state index contributed by atoms with van der Waals surface area (Å²) in [5, 5.41) is 16.5. The van der Waals surface area contributed by atoms with Crippen molar-refractivity contribution in [2.45, 2.75) is 59.2 Å². The molecule has 0 aliphatic carbocycles. The number of amides is 3. The average molecular weight is 422 g/mol. The summed E-state index contributed by atoms with van der Waals surface area (Å²) in [5.74, 6) is -4.17. The van der Waals surface area contributed by atoms with E-state index >= 15 is 0 Å². The molecule has 10 nitrogen and oxygen atoms in total. The quantitative estimate of drug-likeness (QED) is 0.343. The van der Waals surface area contributed by atoms with E-state index in [1.165, 1.54) is 6.92 Å².